The number of carbonyl (C=O) groups is 3. The lowest BCUT2D eigenvalue weighted by molar-refractivity contribution is -0.142. The van der Waals surface area contributed by atoms with Crippen molar-refractivity contribution in [1.29, 1.82) is 0 Å². The smallest absolute Gasteiger partial charge is 0.297 e. The minimum absolute atomic E-state index is 0.149. The number of ketones is 1. The Morgan fingerprint density at radius 2 is 1.90 bits per heavy atom. The van der Waals surface area contributed by atoms with Crippen molar-refractivity contribution in [3.05, 3.63) is 71.6 Å². The summed E-state index contributed by atoms with van der Waals surface area (Å²) in [5, 5.41) is 0. The fraction of sp³-hybridized carbons (Fsp3) is 0.550. The molecular formula is C40H49FN4O6S. The number of aromatic nitrogens is 2. The highest BCUT2D eigenvalue weighted by atomic mass is 32.2. The number of rotatable bonds is 8. The number of imidazole rings is 1. The summed E-state index contributed by atoms with van der Waals surface area (Å²) in [4.78, 5) is 49.5. The van der Waals surface area contributed by atoms with E-state index in [2.05, 4.69) is 4.72 Å². The van der Waals surface area contributed by atoms with Gasteiger partial charge in [-0.05, 0) is 107 Å². The van der Waals surface area contributed by atoms with Crippen LogP contribution in [0.3, 0.4) is 0 Å². The number of ether oxygens (including phenoxy) is 1. The fourth-order valence-electron chi connectivity index (χ4n) is 8.23. The van der Waals surface area contributed by atoms with Crippen molar-refractivity contribution in [3.8, 4) is 6.01 Å². The number of hydrogen-bond donors (Lipinski definition) is 1. The van der Waals surface area contributed by atoms with Crippen LogP contribution in [0.25, 0.3) is 11.0 Å². The maximum atomic E-state index is 14.7. The van der Waals surface area contributed by atoms with Gasteiger partial charge in [-0.3, -0.25) is 23.7 Å². The molecule has 0 unspecified atom stereocenters. The summed E-state index contributed by atoms with van der Waals surface area (Å²) in [5.41, 5.74) is 1.98. The molecule has 3 fully saturated rings. The van der Waals surface area contributed by atoms with E-state index in [1.54, 1.807) is 11.8 Å². The van der Waals surface area contributed by atoms with Crippen LogP contribution in [-0.4, -0.2) is 63.9 Å². The minimum Gasteiger partial charge on any atom is -0.459 e. The Morgan fingerprint density at radius 3 is 2.65 bits per heavy atom. The van der Waals surface area contributed by atoms with E-state index < -0.39 is 44.2 Å². The number of fused-ring (bicyclic) bond motifs is 3. The first-order valence-electron chi connectivity index (χ1n) is 18.8. The van der Waals surface area contributed by atoms with Gasteiger partial charge in [0.2, 0.25) is 21.8 Å². The molecule has 5 atom stereocenters. The highest BCUT2D eigenvalue weighted by Gasteiger charge is 2.62. The Kier molecular flexibility index (Phi) is 9.82. The monoisotopic (exact) mass is 732 g/mol. The summed E-state index contributed by atoms with van der Waals surface area (Å²) in [5.74, 6) is -2.26. The van der Waals surface area contributed by atoms with E-state index >= 15 is 0 Å². The summed E-state index contributed by atoms with van der Waals surface area (Å²) < 4.78 is 50.7. The predicted octanol–water partition coefficient (Wildman–Crippen LogP) is 6.20. The maximum absolute atomic E-state index is 14.7. The second-order valence-corrected chi connectivity index (χ2v) is 17.9. The summed E-state index contributed by atoms with van der Waals surface area (Å²) in [6.07, 6.45) is 9.02. The number of para-hydroxylation sites is 2. The number of sulfonamides is 1. The number of carbonyl (C=O) groups excluding carboxylic acids is 3. The van der Waals surface area contributed by atoms with E-state index in [0.29, 0.717) is 44.7 Å². The molecule has 12 heteroatoms. The van der Waals surface area contributed by atoms with Crippen molar-refractivity contribution in [2.75, 3.05) is 6.54 Å². The molecule has 1 N–H and O–H groups in total. The molecule has 0 bridgehead atoms. The third-order valence-electron chi connectivity index (χ3n) is 11.8. The van der Waals surface area contributed by atoms with Gasteiger partial charge in [0.15, 0.2) is 5.78 Å². The van der Waals surface area contributed by atoms with E-state index in [-0.39, 0.29) is 42.8 Å². The first-order chi connectivity index (χ1) is 24.8. The number of amides is 2. The van der Waals surface area contributed by atoms with Crippen LogP contribution in [0.2, 0.25) is 0 Å². The topological polar surface area (TPSA) is 128 Å². The second-order valence-electron chi connectivity index (χ2n) is 15.7. The fourth-order valence-corrected chi connectivity index (χ4v) is 9.57. The third kappa shape index (κ3) is 7.15. The molecule has 2 aromatic carbocycles. The number of aryl methyl sites for hydroxylation is 2. The number of halogens is 1. The largest absolute Gasteiger partial charge is 0.459 e. The number of Topliss-reactive ketones (excluding diaryl/α,β-unsaturated/α-hetero) is 1. The number of nitrogens with one attached hydrogen (secondary N) is 1. The molecule has 278 valence electrons. The van der Waals surface area contributed by atoms with Gasteiger partial charge in [0.25, 0.3) is 6.01 Å². The molecule has 2 amide bonds. The van der Waals surface area contributed by atoms with Crippen molar-refractivity contribution < 1.29 is 31.9 Å². The molecule has 2 aliphatic heterocycles. The average Bonchev–Trinajstić information content (AvgIpc) is 3.92. The predicted molar refractivity (Wildman–Crippen MR) is 195 cm³/mol. The van der Waals surface area contributed by atoms with E-state index in [1.807, 2.05) is 60.9 Å². The first kappa shape index (κ1) is 36.3. The van der Waals surface area contributed by atoms with Gasteiger partial charge in [-0.25, -0.2) is 12.8 Å². The van der Waals surface area contributed by atoms with Crippen molar-refractivity contribution in [1.82, 2.24) is 19.2 Å². The Labute approximate surface area is 305 Å². The van der Waals surface area contributed by atoms with Crippen LogP contribution in [0.1, 0.15) is 89.2 Å². The first-order valence-corrected chi connectivity index (χ1v) is 20.3. The van der Waals surface area contributed by atoms with Gasteiger partial charge in [-0.1, -0.05) is 43.2 Å². The summed E-state index contributed by atoms with van der Waals surface area (Å²) >= 11 is 0. The molecular weight excluding hydrogens is 684 g/mol. The van der Waals surface area contributed by atoms with Crippen molar-refractivity contribution in [3.63, 3.8) is 0 Å². The average molecular weight is 733 g/mol. The van der Waals surface area contributed by atoms with Gasteiger partial charge >= 0.3 is 0 Å². The number of nitrogens with zero attached hydrogens (tertiary/aromatic N) is 3. The molecule has 52 heavy (non-hydrogen) atoms. The lowest BCUT2D eigenvalue weighted by atomic mass is 9.89. The van der Waals surface area contributed by atoms with Crippen molar-refractivity contribution in [2.24, 2.45) is 17.3 Å². The van der Waals surface area contributed by atoms with Gasteiger partial charge in [-0.2, -0.15) is 4.98 Å². The van der Waals surface area contributed by atoms with E-state index in [0.717, 1.165) is 47.8 Å². The van der Waals surface area contributed by atoms with Crippen LogP contribution in [0, 0.1) is 30.0 Å². The molecule has 4 aliphatic rings. The number of allylic oxidation sites excluding steroid dienone is 2. The molecule has 7 rings (SSSR count). The van der Waals surface area contributed by atoms with Gasteiger partial charge in [-0.15, -0.1) is 0 Å². The van der Waals surface area contributed by atoms with Gasteiger partial charge in [0.05, 0.1) is 33.8 Å². The molecule has 0 spiro atoms. The Hall–Kier alpha value is -4.06. The highest BCUT2D eigenvalue weighted by molar-refractivity contribution is 7.91. The number of hydrogen-bond acceptors (Lipinski definition) is 7. The quantitative estimate of drug-likeness (QED) is 0.274. The summed E-state index contributed by atoms with van der Waals surface area (Å²) in [6.45, 7) is 6.21. The normalized spacial score (nSPS) is 28.3. The van der Waals surface area contributed by atoms with Crippen LogP contribution < -0.4 is 9.46 Å². The molecule has 0 radical (unpaired) electrons. The van der Waals surface area contributed by atoms with Crippen LogP contribution >= 0.6 is 0 Å². The molecule has 1 saturated heterocycles. The van der Waals surface area contributed by atoms with Gasteiger partial charge < -0.3 is 9.64 Å². The zero-order chi connectivity index (χ0) is 36.8. The molecule has 3 heterocycles. The van der Waals surface area contributed by atoms with Crippen molar-refractivity contribution >= 4 is 38.7 Å². The van der Waals surface area contributed by atoms with E-state index in [4.69, 9.17) is 9.72 Å². The highest BCUT2D eigenvalue weighted by Crippen LogP contribution is 2.57. The molecule has 10 nitrogen and oxygen atoms in total. The van der Waals surface area contributed by atoms with E-state index in [9.17, 15) is 27.2 Å². The SMILES string of the molecule is CCn1c(O[C@@H]2C[C@H]3C(=O)C[C@]4(C(=O)NS(=O)(=O)C5(C)CC5)C[C@H]4/C=C\CCCCC[C@H](Cc4cc(C)cc(F)c4)C(=O)N3C2)nc2ccccc21. The van der Waals surface area contributed by atoms with Crippen LogP contribution in [0.15, 0.2) is 54.6 Å². The standard InChI is InChI=1S/C40H49FN4O6S/c1-4-44-33-15-11-10-14-32(33)42-38(44)51-31-22-34-35(46)24-40(37(48)43-52(49,50)39(3)16-17-39)23-29(40)13-9-7-5-6-8-12-28(36(47)45(34)25-31)20-27-18-26(2)19-30(41)21-27/h9-11,13-15,18-19,21,28-29,31,34H,4-8,12,16-17,20,22-25H2,1-3H3,(H,43,48)/b13-9-/t28-,29-,31-,34+,40-/m1/s1. The molecule has 3 aromatic rings. The van der Waals surface area contributed by atoms with Crippen LogP contribution in [0.5, 0.6) is 6.01 Å². The lowest BCUT2D eigenvalue weighted by Gasteiger charge is -2.29. The van der Waals surface area contributed by atoms with Gasteiger partial charge in [0.1, 0.15) is 11.9 Å². The lowest BCUT2D eigenvalue weighted by Crippen LogP contribution is -2.47. The second kappa shape index (κ2) is 14.1. The molecule has 2 aliphatic carbocycles. The Bertz CT molecular complexity index is 2000. The Balaban J connectivity index is 1.21. The molecule has 1 aromatic heterocycles. The maximum Gasteiger partial charge on any atom is 0.297 e. The third-order valence-corrected chi connectivity index (χ3v) is 13.9. The minimum atomic E-state index is -3.92. The summed E-state index contributed by atoms with van der Waals surface area (Å²) in [7, 11) is -3.92. The zero-order valence-corrected chi connectivity index (χ0v) is 31.1. The number of benzene rings is 2. The van der Waals surface area contributed by atoms with Crippen molar-refractivity contribution in [2.45, 2.75) is 115 Å². The van der Waals surface area contributed by atoms with E-state index in [1.165, 1.54) is 12.1 Å². The van der Waals surface area contributed by atoms with Gasteiger partial charge in [0, 0.05) is 25.3 Å². The Morgan fingerprint density at radius 1 is 1.12 bits per heavy atom. The zero-order valence-electron chi connectivity index (χ0n) is 30.3. The molecule has 2 saturated carbocycles. The van der Waals surface area contributed by atoms with Crippen LogP contribution in [0.4, 0.5) is 4.39 Å². The summed E-state index contributed by atoms with van der Waals surface area (Å²) in [6, 6.07) is 12.1. The van der Waals surface area contributed by atoms with Crippen LogP contribution in [-0.2, 0) is 37.4 Å².